The van der Waals surface area contributed by atoms with Crippen molar-refractivity contribution in [3.8, 4) is 0 Å². The number of nitrogens with one attached hydrogen (secondary N) is 1. The van der Waals surface area contributed by atoms with Gasteiger partial charge in [-0.15, -0.1) is 0 Å². The normalized spacial score (nSPS) is 12.1. The molecule has 0 spiro atoms. The van der Waals surface area contributed by atoms with Gasteiger partial charge in [0.15, 0.2) is 0 Å². The molecule has 1 N–H and O–H groups in total. The van der Waals surface area contributed by atoms with Crippen molar-refractivity contribution in [1.82, 2.24) is 14.9 Å². The molecule has 1 heterocycles. The summed E-state index contributed by atoms with van der Waals surface area (Å²) >= 11 is 12.0. The third kappa shape index (κ3) is 4.06. The maximum Gasteiger partial charge on any atom is 0.261 e. The number of fused-ring (bicyclic) bond motifs is 1. The third-order valence-electron chi connectivity index (χ3n) is 4.13. The van der Waals surface area contributed by atoms with Gasteiger partial charge in [0.05, 0.1) is 22.3 Å². The molecule has 0 aliphatic heterocycles. The van der Waals surface area contributed by atoms with Crippen LogP contribution in [0.3, 0.4) is 0 Å². The molecular formula is C19H17Cl2N3O2. The van der Waals surface area contributed by atoms with Gasteiger partial charge >= 0.3 is 0 Å². The van der Waals surface area contributed by atoms with Gasteiger partial charge in [-0.05, 0) is 23.6 Å². The standard InChI is InChI=1S/C19H17Cl2N3O2/c1-12(13-5-3-2-4-6-13)9-22-17(25)10-24-11-23-18-15(19(24)26)7-14(20)8-16(18)21/h2-8,11-12H,9-10H2,1H3,(H,22,25)/t12-/m1/s1. The van der Waals surface area contributed by atoms with Crippen LogP contribution < -0.4 is 10.9 Å². The fourth-order valence-electron chi connectivity index (χ4n) is 2.68. The monoisotopic (exact) mass is 389 g/mol. The minimum atomic E-state index is -0.356. The number of carbonyl (C=O) groups is 1. The van der Waals surface area contributed by atoms with Crippen molar-refractivity contribution in [2.45, 2.75) is 19.4 Å². The van der Waals surface area contributed by atoms with Crippen LogP contribution in [0.1, 0.15) is 18.4 Å². The van der Waals surface area contributed by atoms with Crippen LogP contribution >= 0.6 is 23.2 Å². The van der Waals surface area contributed by atoms with Gasteiger partial charge in [0.2, 0.25) is 5.91 Å². The molecule has 3 aromatic rings. The molecule has 0 radical (unpaired) electrons. The summed E-state index contributed by atoms with van der Waals surface area (Å²) in [5.74, 6) is -0.0895. The lowest BCUT2D eigenvalue weighted by atomic mass is 10.0. The van der Waals surface area contributed by atoms with Gasteiger partial charge in [0, 0.05) is 11.6 Å². The van der Waals surface area contributed by atoms with Crippen molar-refractivity contribution >= 4 is 40.0 Å². The van der Waals surface area contributed by atoms with E-state index in [1.807, 2.05) is 37.3 Å². The largest absolute Gasteiger partial charge is 0.354 e. The first-order valence-electron chi connectivity index (χ1n) is 8.11. The van der Waals surface area contributed by atoms with Crippen molar-refractivity contribution in [3.63, 3.8) is 0 Å². The van der Waals surface area contributed by atoms with E-state index in [4.69, 9.17) is 23.2 Å². The summed E-state index contributed by atoms with van der Waals surface area (Å²) in [6.45, 7) is 2.40. The second kappa shape index (κ2) is 7.89. The van der Waals surface area contributed by atoms with Crippen molar-refractivity contribution in [1.29, 1.82) is 0 Å². The number of aromatic nitrogens is 2. The lowest BCUT2D eigenvalue weighted by Gasteiger charge is -2.13. The van der Waals surface area contributed by atoms with E-state index in [2.05, 4.69) is 10.3 Å². The Bertz CT molecular complexity index is 1000. The number of carbonyl (C=O) groups excluding carboxylic acids is 1. The molecule has 0 aliphatic rings. The van der Waals surface area contributed by atoms with Crippen LogP contribution in [0.5, 0.6) is 0 Å². The van der Waals surface area contributed by atoms with E-state index < -0.39 is 0 Å². The number of amides is 1. The van der Waals surface area contributed by atoms with Gasteiger partial charge in [0.1, 0.15) is 6.54 Å². The number of rotatable bonds is 5. The highest BCUT2D eigenvalue weighted by atomic mass is 35.5. The highest BCUT2D eigenvalue weighted by molar-refractivity contribution is 6.38. The van der Waals surface area contributed by atoms with Gasteiger partial charge in [-0.3, -0.25) is 14.2 Å². The molecular weight excluding hydrogens is 373 g/mol. The Hall–Kier alpha value is -2.37. The van der Waals surface area contributed by atoms with E-state index in [1.54, 1.807) is 0 Å². The van der Waals surface area contributed by atoms with Crippen LogP contribution in [0, 0.1) is 0 Å². The minimum Gasteiger partial charge on any atom is -0.354 e. The summed E-state index contributed by atoms with van der Waals surface area (Å²) in [5, 5.41) is 3.79. The average molecular weight is 390 g/mol. The number of nitrogens with zero attached hydrogens (tertiary/aromatic N) is 2. The fraction of sp³-hybridized carbons (Fsp3) is 0.211. The molecule has 1 atom stereocenters. The van der Waals surface area contributed by atoms with Crippen molar-refractivity contribution in [2.75, 3.05) is 6.54 Å². The summed E-state index contributed by atoms with van der Waals surface area (Å²) in [6.07, 6.45) is 1.32. The van der Waals surface area contributed by atoms with Gasteiger partial charge in [-0.1, -0.05) is 60.5 Å². The number of halogens is 2. The zero-order valence-electron chi connectivity index (χ0n) is 14.1. The molecule has 1 aromatic heterocycles. The first-order valence-corrected chi connectivity index (χ1v) is 8.87. The number of hydrogen-bond donors (Lipinski definition) is 1. The van der Waals surface area contributed by atoms with E-state index in [1.165, 1.54) is 23.0 Å². The molecule has 2 aromatic carbocycles. The Kier molecular flexibility index (Phi) is 5.59. The van der Waals surface area contributed by atoms with Crippen molar-refractivity contribution < 1.29 is 4.79 Å². The van der Waals surface area contributed by atoms with Crippen LogP contribution in [0.4, 0.5) is 0 Å². The topological polar surface area (TPSA) is 64.0 Å². The van der Waals surface area contributed by atoms with Crippen LogP contribution in [0.15, 0.2) is 53.6 Å². The predicted molar refractivity (Wildman–Crippen MR) is 104 cm³/mol. The van der Waals surface area contributed by atoms with E-state index >= 15 is 0 Å². The van der Waals surface area contributed by atoms with E-state index in [0.717, 1.165) is 5.56 Å². The van der Waals surface area contributed by atoms with E-state index in [-0.39, 0.29) is 29.3 Å². The van der Waals surface area contributed by atoms with Crippen LogP contribution in [0.25, 0.3) is 10.9 Å². The molecule has 0 saturated heterocycles. The lowest BCUT2D eigenvalue weighted by molar-refractivity contribution is -0.121. The van der Waals surface area contributed by atoms with E-state index in [9.17, 15) is 9.59 Å². The zero-order chi connectivity index (χ0) is 18.7. The van der Waals surface area contributed by atoms with Crippen molar-refractivity contribution in [3.05, 3.63) is 74.8 Å². The van der Waals surface area contributed by atoms with Gasteiger partial charge in [0.25, 0.3) is 5.56 Å². The molecule has 0 fully saturated rings. The first-order chi connectivity index (χ1) is 12.5. The predicted octanol–water partition coefficient (Wildman–Crippen LogP) is 3.62. The highest BCUT2D eigenvalue weighted by Crippen LogP contribution is 2.23. The second-order valence-corrected chi connectivity index (χ2v) is 6.92. The summed E-state index contributed by atoms with van der Waals surface area (Å²) < 4.78 is 1.25. The SMILES string of the molecule is C[C@H](CNC(=O)Cn1cnc2c(Cl)cc(Cl)cc2c1=O)c1ccccc1. The Balaban J connectivity index is 1.71. The lowest BCUT2D eigenvalue weighted by Crippen LogP contribution is -2.34. The van der Waals surface area contributed by atoms with Gasteiger partial charge in [-0.2, -0.15) is 0 Å². The summed E-state index contributed by atoms with van der Waals surface area (Å²) in [4.78, 5) is 28.9. The average Bonchev–Trinajstić information content (AvgIpc) is 2.63. The molecule has 0 saturated carbocycles. The molecule has 26 heavy (non-hydrogen) atoms. The van der Waals surface area contributed by atoms with Crippen LogP contribution in [-0.4, -0.2) is 22.0 Å². The minimum absolute atomic E-state index is 0.118. The Morgan fingerprint density at radius 3 is 2.69 bits per heavy atom. The molecule has 0 aliphatic carbocycles. The Morgan fingerprint density at radius 1 is 1.23 bits per heavy atom. The molecule has 5 nitrogen and oxygen atoms in total. The zero-order valence-corrected chi connectivity index (χ0v) is 15.6. The van der Waals surface area contributed by atoms with E-state index in [0.29, 0.717) is 22.1 Å². The van der Waals surface area contributed by atoms with Gasteiger partial charge < -0.3 is 5.32 Å². The second-order valence-electron chi connectivity index (χ2n) is 6.08. The highest BCUT2D eigenvalue weighted by Gasteiger charge is 2.12. The fourth-order valence-corrected chi connectivity index (χ4v) is 3.23. The Labute approximate surface area is 160 Å². The molecule has 1 amide bonds. The molecule has 0 bridgehead atoms. The summed E-state index contributed by atoms with van der Waals surface area (Å²) in [5.41, 5.74) is 1.16. The maximum atomic E-state index is 12.6. The Morgan fingerprint density at radius 2 is 1.96 bits per heavy atom. The molecule has 7 heteroatoms. The molecule has 0 unspecified atom stereocenters. The smallest absolute Gasteiger partial charge is 0.261 e. The van der Waals surface area contributed by atoms with Crippen LogP contribution in [0.2, 0.25) is 10.0 Å². The quantitative estimate of drug-likeness (QED) is 0.724. The third-order valence-corrected chi connectivity index (χ3v) is 4.64. The van der Waals surface area contributed by atoms with Crippen LogP contribution in [-0.2, 0) is 11.3 Å². The maximum absolute atomic E-state index is 12.6. The number of hydrogen-bond acceptors (Lipinski definition) is 3. The first kappa shape index (κ1) is 18.4. The molecule has 3 rings (SSSR count). The summed E-state index contributed by atoms with van der Waals surface area (Å²) in [7, 11) is 0. The van der Waals surface area contributed by atoms with Gasteiger partial charge in [-0.25, -0.2) is 4.98 Å². The van der Waals surface area contributed by atoms with Crippen molar-refractivity contribution in [2.24, 2.45) is 0 Å². The number of benzene rings is 2. The molecule has 134 valence electrons. The summed E-state index contributed by atoms with van der Waals surface area (Å²) in [6, 6.07) is 12.9.